The number of hydrogen-bond donors (Lipinski definition) is 2. The topological polar surface area (TPSA) is 193 Å². The lowest BCUT2D eigenvalue weighted by molar-refractivity contribution is -0.169. The van der Waals surface area contributed by atoms with Crippen LogP contribution in [-0.2, 0) is 38.9 Å². The van der Waals surface area contributed by atoms with E-state index in [4.69, 9.17) is 21.3 Å². The van der Waals surface area contributed by atoms with Crippen molar-refractivity contribution >= 4 is 46.6 Å². The van der Waals surface area contributed by atoms with Crippen LogP contribution in [0, 0.1) is 12.3 Å². The van der Waals surface area contributed by atoms with Crippen LogP contribution in [0.25, 0.3) is 17.2 Å². The van der Waals surface area contributed by atoms with Gasteiger partial charge in [-0.2, -0.15) is 22.7 Å². The van der Waals surface area contributed by atoms with Crippen molar-refractivity contribution in [2.75, 3.05) is 62.7 Å². The Morgan fingerprint density at radius 2 is 1.71 bits per heavy atom. The van der Waals surface area contributed by atoms with Gasteiger partial charge in [0.05, 0.1) is 40.6 Å². The van der Waals surface area contributed by atoms with Gasteiger partial charge in [-0.25, -0.2) is 15.0 Å². The SMILES string of the molecule is Cc1ncnc(C(=O)N2CCC3(CCCc4c3c(=O)n3nc(-c5ccc(N6CCN(C(=O)C7(C)COC7)CC6)nc5)nc3n4CC(=O)Nc3ccc(C(F)(F)F)cc3Cl)CC2)c1O. The number of carbonyl (C=O) groups excluding carboxylic acids is 3. The van der Waals surface area contributed by atoms with Crippen LogP contribution in [0.15, 0.2) is 47.7 Å². The predicted molar refractivity (Wildman–Crippen MR) is 221 cm³/mol. The Hall–Kier alpha value is -6.15. The number of aromatic nitrogens is 7. The number of pyridine rings is 1. The number of hydrogen-bond acceptors (Lipinski definition) is 12. The Balaban J connectivity index is 1.03. The molecular formula is C42H43ClF3N11O6. The van der Waals surface area contributed by atoms with Gasteiger partial charge in [-0.3, -0.25) is 19.2 Å². The summed E-state index contributed by atoms with van der Waals surface area (Å²) in [6.07, 6.45) is 0.670. The Kier molecular flexibility index (Phi) is 10.6. The third kappa shape index (κ3) is 7.61. The van der Waals surface area contributed by atoms with Crippen molar-refractivity contribution in [3.63, 3.8) is 0 Å². The molecule has 7 heterocycles. The van der Waals surface area contributed by atoms with E-state index in [9.17, 15) is 37.5 Å². The van der Waals surface area contributed by atoms with Gasteiger partial charge in [-0.15, -0.1) is 5.10 Å². The van der Waals surface area contributed by atoms with Crippen molar-refractivity contribution in [1.82, 2.24) is 43.9 Å². The molecule has 330 valence electrons. The fourth-order valence-corrected chi connectivity index (χ4v) is 9.42. The van der Waals surface area contributed by atoms with Gasteiger partial charge in [0, 0.05) is 67.7 Å². The van der Waals surface area contributed by atoms with E-state index in [-0.39, 0.29) is 65.0 Å². The fraction of sp³-hybridized carbons (Fsp3) is 0.452. The van der Waals surface area contributed by atoms with Crippen molar-refractivity contribution < 1.29 is 37.4 Å². The maximum atomic E-state index is 14.8. The molecule has 0 saturated carbocycles. The number of rotatable bonds is 7. The summed E-state index contributed by atoms with van der Waals surface area (Å²) < 4.78 is 48.2. The summed E-state index contributed by atoms with van der Waals surface area (Å²) in [5, 5.41) is 17.5. The maximum absolute atomic E-state index is 14.8. The molecule has 1 spiro atoms. The molecule has 5 aromatic rings. The Labute approximate surface area is 362 Å². The molecule has 21 heteroatoms. The van der Waals surface area contributed by atoms with Gasteiger partial charge in [0.1, 0.15) is 18.7 Å². The molecule has 17 nitrogen and oxygen atoms in total. The minimum Gasteiger partial charge on any atom is -0.504 e. The van der Waals surface area contributed by atoms with E-state index >= 15 is 0 Å². The molecule has 1 aromatic carbocycles. The number of anilines is 2. The average molecular weight is 890 g/mol. The van der Waals surface area contributed by atoms with E-state index in [1.165, 1.54) is 10.8 Å². The summed E-state index contributed by atoms with van der Waals surface area (Å²) in [4.78, 5) is 78.1. The molecule has 9 rings (SSSR count). The average Bonchev–Trinajstić information content (AvgIpc) is 3.72. The van der Waals surface area contributed by atoms with E-state index in [0.717, 1.165) is 18.2 Å². The van der Waals surface area contributed by atoms with E-state index in [1.807, 2.05) is 17.9 Å². The smallest absolute Gasteiger partial charge is 0.416 e. The third-order valence-corrected chi connectivity index (χ3v) is 13.1. The van der Waals surface area contributed by atoms with Crippen LogP contribution in [-0.4, -0.2) is 119 Å². The summed E-state index contributed by atoms with van der Waals surface area (Å²) in [5.74, 6) is -0.337. The van der Waals surface area contributed by atoms with Gasteiger partial charge < -0.3 is 34.4 Å². The molecule has 3 saturated heterocycles. The Morgan fingerprint density at radius 1 is 0.968 bits per heavy atom. The molecule has 2 N–H and O–H groups in total. The number of likely N-dealkylation sites (tertiary alicyclic amines) is 1. The largest absolute Gasteiger partial charge is 0.504 e. The number of ether oxygens (including phenoxy) is 1. The molecule has 0 unspecified atom stereocenters. The molecule has 1 aliphatic carbocycles. The highest BCUT2D eigenvalue weighted by atomic mass is 35.5. The monoisotopic (exact) mass is 889 g/mol. The first-order chi connectivity index (χ1) is 30.0. The number of piperidine rings is 1. The normalized spacial score (nSPS) is 18.3. The number of alkyl halides is 3. The molecule has 63 heavy (non-hydrogen) atoms. The second kappa shape index (κ2) is 15.9. The standard InChI is InChI=1S/C42H43ClF3N11O6/c1-24-34(59)33(49-23-48-24)37(61)54-12-10-41(11-13-54)9-3-4-29-32(41)36(60)57-39(56(29)20-31(58)50-28-7-6-26(18-27(28)43)42(44,45)46)51-35(52-57)25-5-8-30(47-19-25)53-14-16-55(17-15-53)38(62)40(2)21-63-22-40/h5-8,18-19,23,59H,3-4,9-17,20-22H2,1-2H3,(H,50,58). The molecule has 4 aliphatic rings. The molecule has 0 radical (unpaired) electrons. The first-order valence-corrected chi connectivity index (χ1v) is 21.0. The second-order valence-electron chi connectivity index (χ2n) is 16.9. The van der Waals surface area contributed by atoms with E-state index in [2.05, 4.69) is 30.3 Å². The summed E-state index contributed by atoms with van der Waals surface area (Å²) in [6, 6.07) is 6.27. The molecule has 3 fully saturated rings. The minimum absolute atomic E-state index is 0.0254. The van der Waals surface area contributed by atoms with Crippen molar-refractivity contribution in [3.05, 3.63) is 86.4 Å². The number of nitrogens with one attached hydrogen (secondary N) is 1. The molecule has 3 aliphatic heterocycles. The number of piperazine rings is 1. The predicted octanol–water partition coefficient (Wildman–Crippen LogP) is 4.26. The van der Waals surface area contributed by atoms with Gasteiger partial charge in [0.2, 0.25) is 17.6 Å². The zero-order valence-corrected chi connectivity index (χ0v) is 35.2. The number of carbonyl (C=O) groups is 3. The molecular weight excluding hydrogens is 847 g/mol. The minimum atomic E-state index is -4.63. The molecule has 3 amide bonds. The van der Waals surface area contributed by atoms with Crippen molar-refractivity contribution in [1.29, 1.82) is 0 Å². The van der Waals surface area contributed by atoms with Gasteiger partial charge in [-0.1, -0.05) is 11.6 Å². The number of halogens is 4. The number of amides is 3. The summed E-state index contributed by atoms with van der Waals surface area (Å²) in [5.41, 5.74) is -0.893. The van der Waals surface area contributed by atoms with Crippen LogP contribution in [0.3, 0.4) is 0 Å². The third-order valence-electron chi connectivity index (χ3n) is 12.8. The van der Waals surface area contributed by atoms with Crippen LogP contribution in [0.4, 0.5) is 24.7 Å². The van der Waals surface area contributed by atoms with Gasteiger partial charge in [0.25, 0.3) is 11.5 Å². The lowest BCUT2D eigenvalue weighted by Gasteiger charge is -2.45. The van der Waals surface area contributed by atoms with Crippen LogP contribution in [0.5, 0.6) is 5.75 Å². The summed E-state index contributed by atoms with van der Waals surface area (Å²) >= 11 is 6.21. The maximum Gasteiger partial charge on any atom is 0.416 e. The van der Waals surface area contributed by atoms with E-state index < -0.39 is 39.9 Å². The summed E-state index contributed by atoms with van der Waals surface area (Å²) in [6.45, 7) is 6.73. The van der Waals surface area contributed by atoms with Crippen molar-refractivity contribution in [3.8, 4) is 17.1 Å². The summed E-state index contributed by atoms with van der Waals surface area (Å²) in [7, 11) is 0. The number of nitrogens with zero attached hydrogens (tertiary/aromatic N) is 10. The zero-order chi connectivity index (χ0) is 44.4. The van der Waals surface area contributed by atoms with Crippen LogP contribution >= 0.6 is 11.6 Å². The lowest BCUT2D eigenvalue weighted by Crippen LogP contribution is -2.58. The van der Waals surface area contributed by atoms with Crippen molar-refractivity contribution in [2.24, 2.45) is 5.41 Å². The highest BCUT2D eigenvalue weighted by Gasteiger charge is 2.46. The Morgan fingerprint density at radius 3 is 2.37 bits per heavy atom. The number of aryl methyl sites for hydroxylation is 1. The van der Waals surface area contributed by atoms with Crippen LogP contribution in [0.2, 0.25) is 5.02 Å². The van der Waals surface area contributed by atoms with Gasteiger partial charge in [0.15, 0.2) is 17.3 Å². The van der Waals surface area contributed by atoms with Crippen LogP contribution in [0.1, 0.15) is 65.6 Å². The number of benzene rings is 1. The van der Waals surface area contributed by atoms with Crippen LogP contribution < -0.4 is 15.8 Å². The quantitative estimate of drug-likeness (QED) is 0.236. The van der Waals surface area contributed by atoms with Gasteiger partial charge in [-0.05, 0) is 76.3 Å². The number of fused-ring (bicyclic) bond motifs is 3. The molecule has 4 aromatic heterocycles. The van der Waals surface area contributed by atoms with E-state index in [0.29, 0.717) is 94.1 Å². The van der Waals surface area contributed by atoms with Crippen molar-refractivity contribution in [2.45, 2.75) is 64.1 Å². The molecule has 0 atom stereocenters. The zero-order valence-electron chi connectivity index (χ0n) is 34.4. The Bertz CT molecular complexity index is 2700. The number of aromatic hydroxyl groups is 1. The van der Waals surface area contributed by atoms with E-state index in [1.54, 1.807) is 28.7 Å². The fourth-order valence-electron chi connectivity index (χ4n) is 9.19. The highest BCUT2D eigenvalue weighted by Crippen LogP contribution is 2.44. The highest BCUT2D eigenvalue weighted by molar-refractivity contribution is 6.33. The lowest BCUT2D eigenvalue weighted by atomic mass is 9.66. The second-order valence-corrected chi connectivity index (χ2v) is 17.3. The van der Waals surface area contributed by atoms with Gasteiger partial charge >= 0.3 is 6.18 Å². The first kappa shape index (κ1) is 42.2. The molecule has 0 bridgehead atoms. The first-order valence-electron chi connectivity index (χ1n) is 20.6.